The fourth-order valence-corrected chi connectivity index (χ4v) is 5.40. The molecule has 6 heteroatoms. The van der Waals surface area contributed by atoms with E-state index < -0.39 is 5.97 Å². The summed E-state index contributed by atoms with van der Waals surface area (Å²) in [6, 6.07) is 0. The molecule has 0 aromatic rings. The van der Waals surface area contributed by atoms with Crippen molar-refractivity contribution in [1.82, 2.24) is 5.32 Å². The van der Waals surface area contributed by atoms with Crippen molar-refractivity contribution in [2.45, 2.75) is 200 Å². The van der Waals surface area contributed by atoms with Crippen LogP contribution in [-0.4, -0.2) is 35.6 Å². The highest BCUT2D eigenvalue weighted by atomic mass is 16.5. The van der Waals surface area contributed by atoms with Gasteiger partial charge in [-0.15, -0.1) is 0 Å². The second kappa shape index (κ2) is 31.3. The maximum Gasteiger partial charge on any atom is 0.322 e. The topological polar surface area (TPSA) is 92.7 Å². The Kier molecular flexibility index (Phi) is 30.1. The molecule has 242 valence electrons. The van der Waals surface area contributed by atoms with Crippen molar-refractivity contribution in [2.24, 2.45) is 0 Å². The zero-order chi connectivity index (χ0) is 30.2. The molecule has 6 nitrogen and oxygen atoms in total. The number of nitrogens with one attached hydrogen (secondary N) is 1. The Morgan fingerprint density at radius 2 is 0.902 bits per heavy atom. The van der Waals surface area contributed by atoms with Crippen molar-refractivity contribution in [3.8, 4) is 0 Å². The van der Waals surface area contributed by atoms with Crippen LogP contribution in [0.2, 0.25) is 0 Å². The zero-order valence-electron chi connectivity index (χ0n) is 27.2. The van der Waals surface area contributed by atoms with Gasteiger partial charge in [0.15, 0.2) is 0 Å². The second-order valence-corrected chi connectivity index (χ2v) is 12.1. The van der Waals surface area contributed by atoms with Crippen molar-refractivity contribution in [3.05, 3.63) is 0 Å². The van der Waals surface area contributed by atoms with E-state index in [-0.39, 0.29) is 24.5 Å². The molecule has 0 aliphatic carbocycles. The summed E-state index contributed by atoms with van der Waals surface area (Å²) in [4.78, 5) is 34.7. The van der Waals surface area contributed by atoms with Crippen molar-refractivity contribution in [2.75, 3.05) is 6.54 Å². The quantitative estimate of drug-likeness (QED) is 0.0609. The van der Waals surface area contributed by atoms with Crippen LogP contribution in [0.5, 0.6) is 0 Å². The van der Waals surface area contributed by atoms with Crippen molar-refractivity contribution in [1.29, 1.82) is 0 Å². The van der Waals surface area contributed by atoms with Crippen molar-refractivity contribution in [3.63, 3.8) is 0 Å². The number of hydrogen-bond acceptors (Lipinski definition) is 4. The summed E-state index contributed by atoms with van der Waals surface area (Å²) in [6.45, 7) is 4.21. The molecule has 41 heavy (non-hydrogen) atoms. The van der Waals surface area contributed by atoms with E-state index >= 15 is 0 Å². The van der Waals surface area contributed by atoms with Gasteiger partial charge in [0, 0.05) is 12.8 Å². The van der Waals surface area contributed by atoms with E-state index in [1.807, 2.05) is 0 Å². The number of carbonyl (C=O) groups excluding carboxylic acids is 2. The minimum absolute atomic E-state index is 0.0159. The van der Waals surface area contributed by atoms with Crippen LogP contribution >= 0.6 is 0 Å². The molecule has 0 aromatic heterocycles. The fraction of sp³-hybridized carbons (Fsp3) is 0.914. The van der Waals surface area contributed by atoms with Crippen LogP contribution in [0.25, 0.3) is 0 Å². The normalized spacial score (nSPS) is 11.9. The molecular formula is C35H67NO5. The predicted octanol–water partition coefficient (Wildman–Crippen LogP) is 10.1. The molecule has 0 bridgehead atoms. The van der Waals surface area contributed by atoms with E-state index in [1.54, 1.807) is 0 Å². The Hall–Kier alpha value is -1.59. The van der Waals surface area contributed by atoms with Gasteiger partial charge in [-0.3, -0.25) is 14.4 Å². The Balaban J connectivity index is 4.10. The minimum Gasteiger partial charge on any atom is -0.480 e. The third-order valence-electron chi connectivity index (χ3n) is 8.03. The first-order valence-electron chi connectivity index (χ1n) is 17.7. The highest BCUT2D eigenvalue weighted by Crippen LogP contribution is 2.19. The van der Waals surface area contributed by atoms with Crippen LogP contribution < -0.4 is 5.32 Å². The summed E-state index contributed by atoms with van der Waals surface area (Å²) in [7, 11) is 0. The van der Waals surface area contributed by atoms with Crippen molar-refractivity contribution >= 4 is 17.8 Å². The molecule has 0 aliphatic heterocycles. The van der Waals surface area contributed by atoms with E-state index in [2.05, 4.69) is 19.2 Å². The number of carbonyl (C=O) groups is 3. The number of unbranched alkanes of at least 4 members (excludes halogenated alkanes) is 21. The smallest absolute Gasteiger partial charge is 0.322 e. The number of ether oxygens (including phenoxy) is 1. The van der Waals surface area contributed by atoms with Gasteiger partial charge in [0.25, 0.3) is 0 Å². The van der Waals surface area contributed by atoms with Crippen LogP contribution in [0.3, 0.4) is 0 Å². The van der Waals surface area contributed by atoms with Crippen LogP contribution in [0, 0.1) is 0 Å². The second-order valence-electron chi connectivity index (χ2n) is 12.1. The standard InChI is InChI=1S/C35H67NO5/c1-3-5-7-9-11-13-14-15-17-22-26-30-35(40)41-32(27-23-19-16-12-10-8-6-4-2)28-24-20-18-21-25-29-33(37)36-31-34(38)39/h32H,3-31H2,1-2H3,(H,36,37)(H,38,39). The summed E-state index contributed by atoms with van der Waals surface area (Å²) in [5, 5.41) is 11.0. The Bertz CT molecular complexity index is 609. The Labute approximate surface area is 253 Å². The van der Waals surface area contributed by atoms with Crippen LogP contribution in [0.1, 0.15) is 194 Å². The maximum absolute atomic E-state index is 12.6. The lowest BCUT2D eigenvalue weighted by Gasteiger charge is -2.18. The van der Waals surface area contributed by atoms with E-state index in [9.17, 15) is 14.4 Å². The van der Waals surface area contributed by atoms with Crippen LogP contribution in [0.4, 0.5) is 0 Å². The minimum atomic E-state index is -1.01. The molecule has 0 saturated carbocycles. The van der Waals surface area contributed by atoms with E-state index in [0.717, 1.165) is 64.2 Å². The molecule has 0 radical (unpaired) electrons. The summed E-state index contributed by atoms with van der Waals surface area (Å²) in [6.07, 6.45) is 32.1. The van der Waals surface area contributed by atoms with Gasteiger partial charge < -0.3 is 15.2 Å². The van der Waals surface area contributed by atoms with E-state index in [4.69, 9.17) is 9.84 Å². The Morgan fingerprint density at radius 1 is 0.537 bits per heavy atom. The molecule has 2 N–H and O–H groups in total. The average molecular weight is 582 g/mol. The number of carboxylic acid groups (broad SMARTS) is 1. The summed E-state index contributed by atoms with van der Waals surface area (Å²) < 4.78 is 5.97. The number of esters is 1. The van der Waals surface area contributed by atoms with Gasteiger partial charge in [0.05, 0.1) is 0 Å². The van der Waals surface area contributed by atoms with Gasteiger partial charge in [0.2, 0.25) is 5.91 Å². The predicted molar refractivity (Wildman–Crippen MR) is 171 cm³/mol. The van der Waals surface area contributed by atoms with Gasteiger partial charge in [-0.25, -0.2) is 0 Å². The van der Waals surface area contributed by atoms with Crippen LogP contribution in [-0.2, 0) is 19.1 Å². The lowest BCUT2D eigenvalue weighted by atomic mass is 10.0. The number of rotatable bonds is 32. The lowest BCUT2D eigenvalue weighted by molar-refractivity contribution is -0.150. The molecule has 1 unspecified atom stereocenters. The summed E-state index contributed by atoms with van der Waals surface area (Å²) in [5.41, 5.74) is 0. The van der Waals surface area contributed by atoms with Crippen molar-refractivity contribution < 1.29 is 24.2 Å². The van der Waals surface area contributed by atoms with Gasteiger partial charge in [0.1, 0.15) is 12.6 Å². The van der Waals surface area contributed by atoms with Gasteiger partial charge in [-0.05, 0) is 38.5 Å². The number of amides is 1. The SMILES string of the molecule is CCCCCCCCCCCCCC(=O)OC(CCCCCCCCCC)CCCCCCCC(=O)NCC(=O)O. The summed E-state index contributed by atoms with van der Waals surface area (Å²) in [5.74, 6) is -1.22. The first-order chi connectivity index (χ1) is 20.0. The third kappa shape index (κ3) is 31.2. The largest absolute Gasteiger partial charge is 0.480 e. The van der Waals surface area contributed by atoms with Gasteiger partial charge in [-0.1, -0.05) is 142 Å². The van der Waals surface area contributed by atoms with Crippen LogP contribution in [0.15, 0.2) is 0 Å². The van der Waals surface area contributed by atoms with Gasteiger partial charge in [-0.2, -0.15) is 0 Å². The molecule has 0 heterocycles. The molecule has 0 spiro atoms. The number of hydrogen-bond donors (Lipinski definition) is 2. The first kappa shape index (κ1) is 39.4. The average Bonchev–Trinajstić information content (AvgIpc) is 2.95. The molecular weight excluding hydrogens is 514 g/mol. The number of aliphatic carboxylic acids is 1. The highest BCUT2D eigenvalue weighted by molar-refractivity contribution is 5.80. The van der Waals surface area contributed by atoms with E-state index in [0.29, 0.717) is 12.8 Å². The molecule has 1 atom stereocenters. The Morgan fingerprint density at radius 3 is 1.32 bits per heavy atom. The molecule has 0 rings (SSSR count). The molecule has 0 saturated heterocycles. The van der Waals surface area contributed by atoms with E-state index in [1.165, 1.54) is 103 Å². The maximum atomic E-state index is 12.6. The molecule has 0 aliphatic rings. The zero-order valence-corrected chi connectivity index (χ0v) is 27.2. The third-order valence-corrected chi connectivity index (χ3v) is 8.03. The number of carboxylic acids is 1. The lowest BCUT2D eigenvalue weighted by Crippen LogP contribution is -2.28. The fourth-order valence-electron chi connectivity index (χ4n) is 5.40. The molecule has 0 fully saturated rings. The summed E-state index contributed by atoms with van der Waals surface area (Å²) >= 11 is 0. The van der Waals surface area contributed by atoms with Gasteiger partial charge >= 0.3 is 11.9 Å². The highest BCUT2D eigenvalue weighted by Gasteiger charge is 2.14. The monoisotopic (exact) mass is 582 g/mol. The molecule has 0 aromatic carbocycles. The first-order valence-corrected chi connectivity index (χ1v) is 17.7. The molecule has 1 amide bonds.